The second-order valence-electron chi connectivity index (χ2n) is 7.81. The monoisotopic (exact) mass is 257 g/mol. The van der Waals surface area contributed by atoms with E-state index < -0.39 is 7.26 Å². The van der Waals surface area contributed by atoms with Gasteiger partial charge in [-0.3, -0.25) is 0 Å². The SMILES string of the molecule is CC(C[PH]1(C)CC(C)(C)C1C)C1CCNCC1. The Bertz CT molecular complexity index is 270. The van der Waals surface area contributed by atoms with E-state index in [0.29, 0.717) is 5.41 Å². The van der Waals surface area contributed by atoms with Gasteiger partial charge in [0, 0.05) is 0 Å². The van der Waals surface area contributed by atoms with Crippen LogP contribution < -0.4 is 5.32 Å². The van der Waals surface area contributed by atoms with Gasteiger partial charge in [-0.1, -0.05) is 0 Å². The maximum atomic E-state index is 3.49. The molecule has 2 heterocycles. The molecule has 0 aromatic rings. The van der Waals surface area contributed by atoms with Crippen LogP contribution in [0.25, 0.3) is 0 Å². The van der Waals surface area contributed by atoms with E-state index in [1.54, 1.807) is 12.3 Å². The molecule has 17 heavy (non-hydrogen) atoms. The third-order valence-corrected chi connectivity index (χ3v) is 12.2. The molecular formula is C15H32NP. The van der Waals surface area contributed by atoms with E-state index in [4.69, 9.17) is 0 Å². The van der Waals surface area contributed by atoms with Gasteiger partial charge >= 0.3 is 108 Å². The molecule has 2 fully saturated rings. The summed E-state index contributed by atoms with van der Waals surface area (Å²) in [6, 6.07) is 0. The molecule has 2 rings (SSSR count). The first-order valence-corrected chi connectivity index (χ1v) is 10.5. The molecule has 2 aliphatic heterocycles. The van der Waals surface area contributed by atoms with E-state index in [0.717, 1.165) is 17.5 Å². The Balaban J connectivity index is 1.88. The van der Waals surface area contributed by atoms with Gasteiger partial charge in [0.1, 0.15) is 0 Å². The van der Waals surface area contributed by atoms with Crippen LogP contribution in [0.4, 0.5) is 0 Å². The van der Waals surface area contributed by atoms with E-state index in [-0.39, 0.29) is 0 Å². The first-order chi connectivity index (χ1) is 7.85. The molecule has 2 unspecified atom stereocenters. The van der Waals surface area contributed by atoms with E-state index in [9.17, 15) is 0 Å². The summed E-state index contributed by atoms with van der Waals surface area (Å²) >= 11 is 0. The van der Waals surface area contributed by atoms with Crippen molar-refractivity contribution in [1.82, 2.24) is 5.32 Å². The minimum atomic E-state index is -0.903. The molecule has 102 valence electrons. The van der Waals surface area contributed by atoms with E-state index in [2.05, 4.69) is 39.7 Å². The molecular weight excluding hydrogens is 225 g/mol. The van der Waals surface area contributed by atoms with Crippen LogP contribution in [0.5, 0.6) is 0 Å². The third-order valence-electron chi connectivity index (χ3n) is 6.05. The zero-order valence-electron chi connectivity index (χ0n) is 12.5. The van der Waals surface area contributed by atoms with Crippen LogP contribution in [0.2, 0.25) is 0 Å². The van der Waals surface area contributed by atoms with Gasteiger partial charge in [0.15, 0.2) is 0 Å². The van der Waals surface area contributed by atoms with Crippen molar-refractivity contribution in [3.63, 3.8) is 0 Å². The first-order valence-electron chi connectivity index (χ1n) is 7.56. The number of nitrogens with one attached hydrogen (secondary N) is 1. The van der Waals surface area contributed by atoms with Gasteiger partial charge in [-0.05, 0) is 0 Å². The molecule has 0 bridgehead atoms. The molecule has 0 amide bonds. The van der Waals surface area contributed by atoms with Gasteiger partial charge in [-0.15, -0.1) is 0 Å². The van der Waals surface area contributed by atoms with Crippen molar-refractivity contribution in [2.45, 2.75) is 46.2 Å². The van der Waals surface area contributed by atoms with Crippen molar-refractivity contribution in [3.05, 3.63) is 0 Å². The van der Waals surface area contributed by atoms with Crippen molar-refractivity contribution in [1.29, 1.82) is 0 Å². The zero-order valence-corrected chi connectivity index (χ0v) is 13.5. The standard InChI is InChI=1S/C15H32NP/c1-12(14-6-8-16-9-7-14)10-17(5)11-15(3,4)13(17)2/h12-14,16-17H,6-11H2,1-5H3. The Morgan fingerprint density at radius 3 is 2.35 bits per heavy atom. The van der Waals surface area contributed by atoms with E-state index in [1.807, 2.05) is 0 Å². The average Bonchev–Trinajstić information content (AvgIpc) is 2.29. The fourth-order valence-electron chi connectivity index (χ4n) is 4.72. The Hall–Kier alpha value is 0.390. The van der Waals surface area contributed by atoms with Gasteiger partial charge in [0.05, 0.1) is 0 Å². The zero-order chi connectivity index (χ0) is 12.7. The molecule has 0 aromatic heterocycles. The topological polar surface area (TPSA) is 12.0 Å². The predicted molar refractivity (Wildman–Crippen MR) is 82.0 cm³/mol. The van der Waals surface area contributed by atoms with Crippen molar-refractivity contribution in [2.24, 2.45) is 17.3 Å². The predicted octanol–water partition coefficient (Wildman–Crippen LogP) is 3.43. The van der Waals surface area contributed by atoms with Crippen LogP contribution in [-0.4, -0.2) is 37.7 Å². The van der Waals surface area contributed by atoms with Crippen LogP contribution in [0.3, 0.4) is 0 Å². The fraction of sp³-hybridized carbons (Fsp3) is 1.00. The number of rotatable bonds is 3. The van der Waals surface area contributed by atoms with Gasteiger partial charge in [0.25, 0.3) is 0 Å². The molecule has 1 nitrogen and oxygen atoms in total. The molecule has 0 saturated carbocycles. The Kier molecular flexibility index (Phi) is 3.91. The molecule has 2 saturated heterocycles. The second-order valence-corrected chi connectivity index (χ2v) is 12.7. The summed E-state index contributed by atoms with van der Waals surface area (Å²) in [4.78, 5) is 0. The van der Waals surface area contributed by atoms with Gasteiger partial charge < -0.3 is 0 Å². The summed E-state index contributed by atoms with van der Waals surface area (Å²) < 4.78 is 0. The molecule has 0 spiro atoms. The Morgan fingerprint density at radius 2 is 1.88 bits per heavy atom. The summed E-state index contributed by atoms with van der Waals surface area (Å²) in [6.45, 7) is 15.2. The van der Waals surface area contributed by atoms with E-state index >= 15 is 0 Å². The summed E-state index contributed by atoms with van der Waals surface area (Å²) in [5.74, 6) is 1.99. The maximum absolute atomic E-state index is 3.49. The van der Waals surface area contributed by atoms with Crippen molar-refractivity contribution in [2.75, 3.05) is 32.1 Å². The minimum absolute atomic E-state index is 0.648. The number of hydrogen-bond acceptors (Lipinski definition) is 1. The summed E-state index contributed by atoms with van der Waals surface area (Å²) in [6.07, 6.45) is 5.99. The van der Waals surface area contributed by atoms with Crippen LogP contribution in [0.1, 0.15) is 40.5 Å². The average molecular weight is 257 g/mol. The van der Waals surface area contributed by atoms with E-state index in [1.165, 1.54) is 25.9 Å². The van der Waals surface area contributed by atoms with Gasteiger partial charge in [0.2, 0.25) is 0 Å². The molecule has 0 radical (unpaired) electrons. The van der Waals surface area contributed by atoms with Crippen LogP contribution >= 0.6 is 7.26 Å². The van der Waals surface area contributed by atoms with Crippen LogP contribution in [0.15, 0.2) is 0 Å². The Morgan fingerprint density at radius 1 is 1.29 bits per heavy atom. The molecule has 2 atom stereocenters. The third kappa shape index (κ3) is 2.71. The van der Waals surface area contributed by atoms with Crippen LogP contribution in [0, 0.1) is 17.3 Å². The molecule has 2 heteroatoms. The van der Waals surface area contributed by atoms with Crippen LogP contribution in [-0.2, 0) is 0 Å². The summed E-state index contributed by atoms with van der Waals surface area (Å²) in [5, 5.41) is 3.49. The first kappa shape index (κ1) is 13.8. The number of piperidine rings is 1. The van der Waals surface area contributed by atoms with Gasteiger partial charge in [-0.25, -0.2) is 0 Å². The Labute approximate surface area is 108 Å². The molecule has 2 aliphatic rings. The normalized spacial score (nSPS) is 35.9. The molecule has 1 N–H and O–H groups in total. The summed E-state index contributed by atoms with van der Waals surface area (Å²) in [5.41, 5.74) is 1.67. The van der Waals surface area contributed by atoms with Crippen molar-refractivity contribution < 1.29 is 0 Å². The van der Waals surface area contributed by atoms with Gasteiger partial charge in [-0.2, -0.15) is 0 Å². The van der Waals surface area contributed by atoms with Crippen molar-refractivity contribution in [3.8, 4) is 0 Å². The molecule has 0 aromatic carbocycles. The number of hydrogen-bond donors (Lipinski definition) is 1. The second kappa shape index (κ2) is 4.82. The molecule has 0 aliphatic carbocycles. The fourth-order valence-corrected chi connectivity index (χ4v) is 11.3. The quantitative estimate of drug-likeness (QED) is 0.764. The van der Waals surface area contributed by atoms with Crippen molar-refractivity contribution >= 4 is 7.26 Å². The summed E-state index contributed by atoms with van der Waals surface area (Å²) in [7, 11) is -0.903.